The van der Waals surface area contributed by atoms with Crippen molar-refractivity contribution in [3.63, 3.8) is 0 Å². The van der Waals surface area contributed by atoms with Crippen LogP contribution in [0.2, 0.25) is 10.0 Å². The van der Waals surface area contributed by atoms with Crippen LogP contribution in [0.1, 0.15) is 20.7 Å². The highest BCUT2D eigenvalue weighted by Gasteiger charge is 2.18. The summed E-state index contributed by atoms with van der Waals surface area (Å²) >= 11 is 11.9. The first-order valence-electron chi connectivity index (χ1n) is 10.3. The van der Waals surface area contributed by atoms with E-state index >= 15 is 0 Å². The predicted molar refractivity (Wildman–Crippen MR) is 131 cm³/mol. The molecule has 0 atom stereocenters. The van der Waals surface area contributed by atoms with Crippen molar-refractivity contribution < 1.29 is 9.59 Å². The number of piperazine rings is 1. The van der Waals surface area contributed by atoms with Gasteiger partial charge in [-0.2, -0.15) is 0 Å². The minimum absolute atomic E-state index is 0.203. The molecule has 2 N–H and O–H groups in total. The Hall–Kier alpha value is -3.20. The van der Waals surface area contributed by atoms with Crippen LogP contribution in [0.25, 0.3) is 0 Å². The number of benzene rings is 1. The van der Waals surface area contributed by atoms with Crippen molar-refractivity contribution in [2.24, 2.45) is 0 Å². The van der Waals surface area contributed by atoms with Crippen LogP contribution in [-0.2, 0) is 0 Å². The molecule has 0 radical (unpaired) electrons. The lowest BCUT2D eigenvalue weighted by atomic mass is 10.1. The van der Waals surface area contributed by atoms with Gasteiger partial charge in [-0.05, 0) is 49.5 Å². The van der Waals surface area contributed by atoms with Gasteiger partial charge < -0.3 is 20.4 Å². The van der Waals surface area contributed by atoms with E-state index in [1.165, 1.54) is 18.5 Å². The van der Waals surface area contributed by atoms with Crippen molar-refractivity contribution in [2.75, 3.05) is 48.8 Å². The number of anilines is 3. The topological polar surface area (TPSA) is 90.5 Å². The summed E-state index contributed by atoms with van der Waals surface area (Å²) in [7, 11) is 2.09. The number of carbonyl (C=O) groups is 2. The third-order valence-electron chi connectivity index (χ3n) is 5.28. The smallest absolute Gasteiger partial charge is 0.258 e. The number of nitrogens with zero attached hydrogens (tertiary/aromatic N) is 4. The van der Waals surface area contributed by atoms with E-state index in [0.717, 1.165) is 32.0 Å². The van der Waals surface area contributed by atoms with E-state index in [9.17, 15) is 9.59 Å². The second-order valence-corrected chi connectivity index (χ2v) is 8.53. The largest absolute Gasteiger partial charge is 0.354 e. The molecular formula is C23H22Cl2N6O2. The van der Waals surface area contributed by atoms with Crippen molar-refractivity contribution in [1.29, 1.82) is 0 Å². The molecule has 3 heterocycles. The average molecular weight is 485 g/mol. The molecule has 2 aromatic heterocycles. The third-order valence-corrected chi connectivity index (χ3v) is 5.74. The number of likely N-dealkylation sites (N-methyl/N-ethyl adjacent to an activating group) is 1. The second-order valence-electron chi connectivity index (χ2n) is 7.66. The number of nitrogens with one attached hydrogen (secondary N) is 2. The van der Waals surface area contributed by atoms with Crippen molar-refractivity contribution in [2.45, 2.75) is 0 Å². The van der Waals surface area contributed by atoms with Crippen molar-refractivity contribution in [3.05, 3.63) is 76.0 Å². The summed E-state index contributed by atoms with van der Waals surface area (Å²) in [4.78, 5) is 38.6. The molecular weight excluding hydrogens is 463 g/mol. The van der Waals surface area contributed by atoms with Crippen LogP contribution in [0, 0.1) is 0 Å². The normalized spacial score (nSPS) is 14.1. The Bertz CT molecular complexity index is 1150. The number of aromatic nitrogens is 2. The van der Waals surface area contributed by atoms with Crippen molar-refractivity contribution in [3.8, 4) is 0 Å². The third kappa shape index (κ3) is 5.78. The molecule has 1 aromatic carbocycles. The first kappa shape index (κ1) is 23.0. The molecule has 8 nitrogen and oxygen atoms in total. The van der Waals surface area contributed by atoms with Gasteiger partial charge in [-0.3, -0.25) is 9.59 Å². The Morgan fingerprint density at radius 2 is 1.61 bits per heavy atom. The maximum Gasteiger partial charge on any atom is 0.258 e. The van der Waals surface area contributed by atoms with Gasteiger partial charge in [0.25, 0.3) is 11.8 Å². The summed E-state index contributed by atoms with van der Waals surface area (Å²) in [6, 6.07) is 11.4. The zero-order valence-corrected chi connectivity index (χ0v) is 19.4. The van der Waals surface area contributed by atoms with E-state index in [2.05, 4.69) is 37.4 Å². The number of pyridine rings is 2. The molecule has 2 amide bonds. The number of amides is 2. The van der Waals surface area contributed by atoms with Gasteiger partial charge >= 0.3 is 0 Å². The summed E-state index contributed by atoms with van der Waals surface area (Å²) in [6.07, 6.45) is 2.97. The molecule has 3 aromatic rings. The van der Waals surface area contributed by atoms with Gasteiger partial charge in [0.15, 0.2) is 0 Å². The highest BCUT2D eigenvalue weighted by molar-refractivity contribution is 6.31. The average Bonchev–Trinajstić information content (AvgIpc) is 2.82. The molecule has 0 saturated carbocycles. The molecule has 10 heteroatoms. The van der Waals surface area contributed by atoms with E-state index in [1.807, 2.05) is 6.07 Å². The Morgan fingerprint density at radius 3 is 2.27 bits per heavy atom. The summed E-state index contributed by atoms with van der Waals surface area (Å²) in [5.41, 5.74) is 0.905. The van der Waals surface area contributed by atoms with Crippen molar-refractivity contribution in [1.82, 2.24) is 14.9 Å². The van der Waals surface area contributed by atoms with Gasteiger partial charge in [-0.15, -0.1) is 0 Å². The Balaban J connectivity index is 1.47. The number of hydrogen-bond donors (Lipinski definition) is 2. The number of halogens is 2. The van der Waals surface area contributed by atoms with Crippen LogP contribution in [0.15, 0.2) is 54.9 Å². The van der Waals surface area contributed by atoms with Gasteiger partial charge in [0.05, 0.1) is 21.8 Å². The molecule has 0 bridgehead atoms. The maximum atomic E-state index is 12.8. The molecule has 1 aliphatic heterocycles. The first-order chi connectivity index (χ1) is 15.9. The number of rotatable bonds is 5. The fourth-order valence-electron chi connectivity index (χ4n) is 3.38. The second kappa shape index (κ2) is 10.2. The van der Waals surface area contributed by atoms with E-state index < -0.39 is 5.91 Å². The molecule has 33 heavy (non-hydrogen) atoms. The van der Waals surface area contributed by atoms with Gasteiger partial charge in [-0.25, -0.2) is 9.97 Å². The molecule has 1 aliphatic rings. The van der Waals surface area contributed by atoms with Crippen LogP contribution in [0.5, 0.6) is 0 Å². The number of hydrogen-bond acceptors (Lipinski definition) is 6. The van der Waals surface area contributed by atoms with Crippen LogP contribution < -0.4 is 15.5 Å². The maximum absolute atomic E-state index is 12.8. The van der Waals surface area contributed by atoms with Gasteiger partial charge in [0.2, 0.25) is 0 Å². The fraction of sp³-hybridized carbons (Fsp3) is 0.217. The minimum Gasteiger partial charge on any atom is -0.354 e. The van der Waals surface area contributed by atoms with Gasteiger partial charge in [-0.1, -0.05) is 23.2 Å². The lowest BCUT2D eigenvalue weighted by Gasteiger charge is -2.33. The molecule has 0 spiro atoms. The zero-order valence-electron chi connectivity index (χ0n) is 17.9. The minimum atomic E-state index is -0.467. The zero-order chi connectivity index (χ0) is 23.4. The standard InChI is InChI=1S/C23H22Cl2N6O2/c1-30-8-10-31(11-9-30)21-7-2-15(13-27-21)22(32)28-19-5-3-16(24)12-18(19)23(33)29-20-6-4-17(25)14-26-20/h2-7,12-14H,8-11H2,1H3,(H,28,32)(H,26,29,33). The quantitative estimate of drug-likeness (QED) is 0.567. The SMILES string of the molecule is CN1CCN(c2ccc(C(=O)Nc3ccc(Cl)cc3C(=O)Nc3ccc(Cl)cn3)cn2)CC1. The first-order valence-corrected chi connectivity index (χ1v) is 11.1. The fourth-order valence-corrected chi connectivity index (χ4v) is 3.67. The summed E-state index contributed by atoms with van der Waals surface area (Å²) in [5.74, 6) is 0.312. The lowest BCUT2D eigenvalue weighted by Crippen LogP contribution is -2.44. The molecule has 170 valence electrons. The summed E-state index contributed by atoms with van der Waals surface area (Å²) in [5, 5.41) is 6.26. The van der Waals surface area contributed by atoms with Crippen molar-refractivity contribution >= 4 is 52.3 Å². The summed E-state index contributed by atoms with van der Waals surface area (Å²) < 4.78 is 0. The summed E-state index contributed by atoms with van der Waals surface area (Å²) in [6.45, 7) is 3.72. The van der Waals surface area contributed by atoms with E-state index in [4.69, 9.17) is 23.2 Å². The molecule has 0 aliphatic carbocycles. The van der Waals surface area contributed by atoms with Crippen LogP contribution in [0.3, 0.4) is 0 Å². The van der Waals surface area contributed by atoms with Crippen LogP contribution in [0.4, 0.5) is 17.3 Å². The highest BCUT2D eigenvalue weighted by Crippen LogP contribution is 2.23. The number of carbonyl (C=O) groups excluding carboxylic acids is 2. The van der Waals surface area contributed by atoms with Gasteiger partial charge in [0.1, 0.15) is 11.6 Å². The van der Waals surface area contributed by atoms with E-state index in [1.54, 1.807) is 30.3 Å². The predicted octanol–water partition coefficient (Wildman–Crippen LogP) is 4.04. The van der Waals surface area contributed by atoms with Gasteiger partial charge in [0, 0.05) is 43.6 Å². The molecule has 4 rings (SSSR count). The molecule has 1 saturated heterocycles. The van der Waals surface area contributed by atoms with Crippen LogP contribution in [-0.4, -0.2) is 59.9 Å². The molecule has 0 unspecified atom stereocenters. The van der Waals surface area contributed by atoms with E-state index in [0.29, 0.717) is 27.1 Å². The molecule has 1 fully saturated rings. The Labute approximate surface area is 201 Å². The highest BCUT2D eigenvalue weighted by atomic mass is 35.5. The Kier molecular flexibility index (Phi) is 7.08. The monoisotopic (exact) mass is 484 g/mol. The Morgan fingerprint density at radius 1 is 0.848 bits per heavy atom. The lowest BCUT2D eigenvalue weighted by molar-refractivity contribution is 0.102. The van der Waals surface area contributed by atoms with E-state index in [-0.39, 0.29) is 11.5 Å². The van der Waals surface area contributed by atoms with Crippen LogP contribution >= 0.6 is 23.2 Å².